The van der Waals surface area contributed by atoms with Gasteiger partial charge in [-0.15, -0.1) is 11.3 Å². The predicted octanol–water partition coefficient (Wildman–Crippen LogP) is 9.07. The standard InChI is InChI=1S/C34H27BO3S/c1-33(2)34(3,4)38-35(37-33)21-13-15-26-25-14-12-20(18-30(25)39-31(26)19-21)22-9-7-10-27-23(22)16-17-28-24-8-5-6-11-29(24)36-32(27)28/h5-19H,1-4H3. The van der Waals surface area contributed by atoms with E-state index in [9.17, 15) is 0 Å². The average Bonchev–Trinajstić information content (AvgIpc) is 3.55. The lowest BCUT2D eigenvalue weighted by molar-refractivity contribution is 0.00578. The van der Waals surface area contributed by atoms with Gasteiger partial charge >= 0.3 is 7.12 Å². The Bertz CT molecular complexity index is 2080. The van der Waals surface area contributed by atoms with Gasteiger partial charge in [0.25, 0.3) is 0 Å². The molecule has 1 aliphatic rings. The van der Waals surface area contributed by atoms with Crippen LogP contribution in [-0.2, 0) is 9.31 Å². The van der Waals surface area contributed by atoms with E-state index in [1.807, 2.05) is 23.5 Å². The molecule has 0 amide bonds. The monoisotopic (exact) mass is 526 g/mol. The van der Waals surface area contributed by atoms with E-state index >= 15 is 0 Å². The lowest BCUT2D eigenvalue weighted by Gasteiger charge is -2.32. The van der Waals surface area contributed by atoms with Gasteiger partial charge in [0.1, 0.15) is 11.2 Å². The molecule has 0 aliphatic carbocycles. The number of fused-ring (bicyclic) bond motifs is 8. The minimum absolute atomic E-state index is 0.353. The zero-order valence-corrected chi connectivity index (χ0v) is 23.2. The molecular formula is C34H27BO3S. The lowest BCUT2D eigenvalue weighted by Crippen LogP contribution is -2.41. The van der Waals surface area contributed by atoms with Gasteiger partial charge < -0.3 is 13.7 Å². The normalized spacial score (nSPS) is 16.9. The third-order valence-corrected chi connectivity index (χ3v) is 9.85. The lowest BCUT2D eigenvalue weighted by atomic mass is 9.79. The summed E-state index contributed by atoms with van der Waals surface area (Å²) in [6.07, 6.45) is 0. The first-order valence-electron chi connectivity index (χ1n) is 13.4. The van der Waals surface area contributed by atoms with E-state index in [1.165, 1.54) is 36.7 Å². The summed E-state index contributed by atoms with van der Waals surface area (Å²) in [4.78, 5) is 0. The second kappa shape index (κ2) is 7.95. The minimum Gasteiger partial charge on any atom is -0.455 e. The van der Waals surface area contributed by atoms with Crippen LogP contribution in [-0.4, -0.2) is 18.3 Å². The van der Waals surface area contributed by atoms with Gasteiger partial charge in [0.15, 0.2) is 0 Å². The van der Waals surface area contributed by atoms with Crippen LogP contribution >= 0.6 is 11.3 Å². The Balaban J connectivity index is 1.24. The molecule has 1 saturated heterocycles. The molecule has 0 saturated carbocycles. The summed E-state index contributed by atoms with van der Waals surface area (Å²) in [6.45, 7) is 8.38. The fourth-order valence-electron chi connectivity index (χ4n) is 5.88. The Morgan fingerprint density at radius 1 is 0.590 bits per heavy atom. The number of furan rings is 1. The van der Waals surface area contributed by atoms with Crippen LogP contribution in [0.5, 0.6) is 0 Å². The molecule has 5 heteroatoms. The molecule has 0 unspecified atom stereocenters. The number of hydrogen-bond acceptors (Lipinski definition) is 4. The Morgan fingerprint density at radius 2 is 1.23 bits per heavy atom. The number of thiophene rings is 1. The highest BCUT2D eigenvalue weighted by atomic mass is 32.1. The molecule has 5 aromatic carbocycles. The van der Waals surface area contributed by atoms with Crippen molar-refractivity contribution in [2.45, 2.75) is 38.9 Å². The van der Waals surface area contributed by atoms with Crippen LogP contribution in [0, 0.1) is 0 Å². The van der Waals surface area contributed by atoms with Crippen LogP contribution in [0.4, 0.5) is 0 Å². The zero-order valence-electron chi connectivity index (χ0n) is 22.4. The predicted molar refractivity (Wildman–Crippen MR) is 165 cm³/mol. The van der Waals surface area contributed by atoms with Crippen LogP contribution < -0.4 is 5.46 Å². The zero-order chi connectivity index (χ0) is 26.5. The molecule has 1 aliphatic heterocycles. The quantitative estimate of drug-likeness (QED) is 0.211. The maximum atomic E-state index is 6.33. The molecule has 39 heavy (non-hydrogen) atoms. The molecular weight excluding hydrogens is 499 g/mol. The second-order valence-corrected chi connectivity index (χ2v) is 12.7. The van der Waals surface area contributed by atoms with Crippen molar-refractivity contribution in [3.63, 3.8) is 0 Å². The second-order valence-electron chi connectivity index (χ2n) is 11.6. The van der Waals surface area contributed by atoms with Crippen molar-refractivity contribution in [2.24, 2.45) is 0 Å². The first-order chi connectivity index (χ1) is 18.8. The molecule has 0 radical (unpaired) electrons. The maximum Gasteiger partial charge on any atom is 0.494 e. The molecule has 0 N–H and O–H groups in total. The van der Waals surface area contributed by atoms with Crippen molar-refractivity contribution in [2.75, 3.05) is 0 Å². The molecule has 0 bridgehead atoms. The van der Waals surface area contributed by atoms with Crippen LogP contribution in [0.2, 0.25) is 0 Å². The molecule has 190 valence electrons. The Kier molecular flexibility index (Phi) is 4.74. The molecule has 0 atom stereocenters. The van der Waals surface area contributed by atoms with Crippen molar-refractivity contribution in [1.82, 2.24) is 0 Å². The summed E-state index contributed by atoms with van der Waals surface area (Å²) < 4.78 is 21.5. The van der Waals surface area contributed by atoms with Gasteiger partial charge in [-0.2, -0.15) is 0 Å². The summed E-state index contributed by atoms with van der Waals surface area (Å²) in [5.74, 6) is 0. The van der Waals surface area contributed by atoms with E-state index in [4.69, 9.17) is 13.7 Å². The van der Waals surface area contributed by atoms with Gasteiger partial charge in [-0.25, -0.2) is 0 Å². The van der Waals surface area contributed by atoms with Crippen LogP contribution in [0.1, 0.15) is 27.7 Å². The Labute approximate surface area is 231 Å². The fraction of sp³-hybridized carbons (Fsp3) is 0.176. The highest BCUT2D eigenvalue weighted by Crippen LogP contribution is 2.41. The highest BCUT2D eigenvalue weighted by molar-refractivity contribution is 7.26. The number of para-hydroxylation sites is 1. The van der Waals surface area contributed by atoms with Crippen LogP contribution in [0.15, 0.2) is 95.4 Å². The smallest absolute Gasteiger partial charge is 0.455 e. The number of benzene rings is 5. The van der Waals surface area contributed by atoms with Gasteiger partial charge in [-0.05, 0) is 73.9 Å². The molecule has 8 rings (SSSR count). The number of rotatable bonds is 2. The van der Waals surface area contributed by atoms with E-state index in [2.05, 4.69) is 107 Å². The summed E-state index contributed by atoms with van der Waals surface area (Å²) in [7, 11) is -0.356. The minimum atomic E-state index is -0.356. The largest absolute Gasteiger partial charge is 0.494 e. The topological polar surface area (TPSA) is 31.6 Å². The third kappa shape index (κ3) is 3.37. The number of hydrogen-bond donors (Lipinski definition) is 0. The van der Waals surface area contributed by atoms with E-state index in [0.717, 1.165) is 32.8 Å². The summed E-state index contributed by atoms with van der Waals surface area (Å²) in [6, 6.07) is 32.6. The SMILES string of the molecule is CC1(C)OB(c2ccc3c(c2)sc2cc(-c4cccc5c4ccc4c6ccccc6oc54)ccc23)OC1(C)C. The molecule has 3 nitrogen and oxygen atoms in total. The van der Waals surface area contributed by atoms with Crippen molar-refractivity contribution in [1.29, 1.82) is 0 Å². The van der Waals surface area contributed by atoms with Crippen LogP contribution in [0.3, 0.4) is 0 Å². The first kappa shape index (κ1) is 23.3. The third-order valence-electron chi connectivity index (χ3n) is 8.74. The molecule has 0 spiro atoms. The molecule has 1 fully saturated rings. The van der Waals surface area contributed by atoms with Gasteiger partial charge in [0, 0.05) is 36.3 Å². The van der Waals surface area contributed by atoms with Gasteiger partial charge in [-0.1, -0.05) is 66.7 Å². The van der Waals surface area contributed by atoms with E-state index in [0.29, 0.717) is 0 Å². The van der Waals surface area contributed by atoms with Gasteiger partial charge in [0.05, 0.1) is 11.2 Å². The van der Waals surface area contributed by atoms with Crippen molar-refractivity contribution < 1.29 is 13.7 Å². The summed E-state index contributed by atoms with van der Waals surface area (Å²) in [5, 5.41) is 7.21. The molecule has 7 aromatic rings. The van der Waals surface area contributed by atoms with E-state index in [1.54, 1.807) is 0 Å². The van der Waals surface area contributed by atoms with Gasteiger partial charge in [-0.3, -0.25) is 0 Å². The molecule has 2 aromatic heterocycles. The van der Waals surface area contributed by atoms with Gasteiger partial charge in [0.2, 0.25) is 0 Å². The maximum absolute atomic E-state index is 6.33. The van der Waals surface area contributed by atoms with Crippen molar-refractivity contribution in [3.05, 3.63) is 91.0 Å². The van der Waals surface area contributed by atoms with Crippen molar-refractivity contribution in [3.8, 4) is 11.1 Å². The van der Waals surface area contributed by atoms with Crippen LogP contribution in [0.25, 0.3) is 64.0 Å². The average molecular weight is 526 g/mol. The Morgan fingerprint density at radius 3 is 2.05 bits per heavy atom. The fourth-order valence-corrected chi connectivity index (χ4v) is 7.07. The summed E-state index contributed by atoms with van der Waals surface area (Å²) in [5.41, 5.74) is 4.67. The van der Waals surface area contributed by atoms with E-state index < -0.39 is 0 Å². The Hall–Kier alpha value is -3.64. The molecule has 3 heterocycles. The van der Waals surface area contributed by atoms with E-state index in [-0.39, 0.29) is 18.3 Å². The highest BCUT2D eigenvalue weighted by Gasteiger charge is 2.51. The summed E-state index contributed by atoms with van der Waals surface area (Å²) >= 11 is 1.82. The first-order valence-corrected chi connectivity index (χ1v) is 14.3. The van der Waals surface area contributed by atoms with Crippen molar-refractivity contribution >= 4 is 76.8 Å².